The molecule has 0 unspecified atom stereocenters. The molecule has 0 atom stereocenters. The Bertz CT molecular complexity index is 776. The Morgan fingerprint density at radius 1 is 1.00 bits per heavy atom. The Labute approximate surface area is 161 Å². The minimum absolute atomic E-state index is 0.154. The fraction of sp³-hybridized carbons (Fsp3) is 0.316. The summed E-state index contributed by atoms with van der Waals surface area (Å²) < 4.78 is 41.9. The number of nitrogens with one attached hydrogen (secondary N) is 1. The highest BCUT2D eigenvalue weighted by Crippen LogP contribution is 2.38. The number of methoxy groups -OCH3 is 3. The molecule has 1 amide bonds. The van der Waals surface area contributed by atoms with Gasteiger partial charge in [0.1, 0.15) is 0 Å². The second-order valence-electron chi connectivity index (χ2n) is 5.48. The number of ether oxygens (including phenoxy) is 3. The van der Waals surface area contributed by atoms with E-state index in [1.165, 1.54) is 39.2 Å². The largest absolute Gasteiger partial charge is 0.493 e. The summed E-state index contributed by atoms with van der Waals surface area (Å²) in [6, 6.07) is 7.20. The summed E-state index contributed by atoms with van der Waals surface area (Å²) in [4.78, 5) is 12.6. The van der Waals surface area contributed by atoms with Crippen LogP contribution in [0.15, 0.2) is 35.2 Å². The number of carbonyl (C=O) groups is 1. The first-order valence-electron chi connectivity index (χ1n) is 8.12. The number of benzene rings is 2. The van der Waals surface area contributed by atoms with E-state index >= 15 is 0 Å². The second kappa shape index (κ2) is 10.0. The second-order valence-corrected chi connectivity index (χ2v) is 6.65. The van der Waals surface area contributed by atoms with Crippen molar-refractivity contribution in [2.75, 3.05) is 27.1 Å². The number of rotatable bonds is 9. The van der Waals surface area contributed by atoms with Gasteiger partial charge in [0.2, 0.25) is 11.7 Å². The number of carbonyl (C=O) groups excluding carboxylic acids is 1. The van der Waals surface area contributed by atoms with Crippen LogP contribution < -0.4 is 19.5 Å². The third-order valence-electron chi connectivity index (χ3n) is 3.70. The van der Waals surface area contributed by atoms with Gasteiger partial charge in [-0.25, -0.2) is 8.78 Å². The molecule has 0 saturated heterocycles. The van der Waals surface area contributed by atoms with Crippen LogP contribution in [0, 0.1) is 11.6 Å². The van der Waals surface area contributed by atoms with Crippen LogP contribution in [-0.4, -0.2) is 33.0 Å². The summed E-state index contributed by atoms with van der Waals surface area (Å²) in [6.45, 7) is 0.297. The predicted molar refractivity (Wildman–Crippen MR) is 99.6 cm³/mol. The van der Waals surface area contributed by atoms with E-state index in [4.69, 9.17) is 14.2 Å². The summed E-state index contributed by atoms with van der Waals surface area (Å²) in [5.41, 5.74) is 0.797. The van der Waals surface area contributed by atoms with Crippen LogP contribution in [0.5, 0.6) is 17.2 Å². The van der Waals surface area contributed by atoms with Gasteiger partial charge in [-0.05, 0) is 35.9 Å². The lowest BCUT2D eigenvalue weighted by atomic mass is 10.1. The molecule has 0 aromatic heterocycles. The van der Waals surface area contributed by atoms with Gasteiger partial charge in [0.15, 0.2) is 23.1 Å². The standard InChI is InChI=1S/C19H21F2NO4S/c1-24-16-8-12(9-17(25-2)19(16)26-3)11-22-18(23)6-7-27-13-4-5-14(20)15(21)10-13/h4-5,8-10H,6-7,11H2,1-3H3,(H,22,23). The topological polar surface area (TPSA) is 56.8 Å². The lowest BCUT2D eigenvalue weighted by molar-refractivity contribution is -0.120. The molecule has 0 saturated carbocycles. The van der Waals surface area contributed by atoms with Crippen LogP contribution in [0.4, 0.5) is 8.78 Å². The van der Waals surface area contributed by atoms with Crippen molar-refractivity contribution >= 4 is 17.7 Å². The highest BCUT2D eigenvalue weighted by Gasteiger charge is 2.13. The Kier molecular flexibility index (Phi) is 7.72. The van der Waals surface area contributed by atoms with E-state index in [2.05, 4.69) is 5.32 Å². The molecule has 0 fully saturated rings. The summed E-state index contributed by atoms with van der Waals surface area (Å²) >= 11 is 1.29. The van der Waals surface area contributed by atoms with Gasteiger partial charge in [0, 0.05) is 23.6 Å². The Morgan fingerprint density at radius 2 is 1.67 bits per heavy atom. The van der Waals surface area contributed by atoms with Gasteiger partial charge in [-0.2, -0.15) is 0 Å². The van der Waals surface area contributed by atoms with Crippen molar-refractivity contribution in [3.05, 3.63) is 47.5 Å². The molecule has 0 aliphatic rings. The van der Waals surface area contributed by atoms with Gasteiger partial charge >= 0.3 is 0 Å². The molecule has 0 spiro atoms. The van der Waals surface area contributed by atoms with Crippen LogP contribution in [0.1, 0.15) is 12.0 Å². The molecule has 0 bridgehead atoms. The number of thioether (sulfide) groups is 1. The third-order valence-corrected chi connectivity index (χ3v) is 4.70. The molecule has 2 aromatic rings. The van der Waals surface area contributed by atoms with Gasteiger partial charge < -0.3 is 19.5 Å². The fourth-order valence-electron chi connectivity index (χ4n) is 2.35. The highest BCUT2D eigenvalue weighted by molar-refractivity contribution is 7.99. The molecule has 2 aromatic carbocycles. The van der Waals surface area contributed by atoms with Gasteiger partial charge in [0.25, 0.3) is 0 Å². The maximum Gasteiger partial charge on any atom is 0.221 e. The molecule has 0 aliphatic carbocycles. The third kappa shape index (κ3) is 5.75. The quantitative estimate of drug-likeness (QED) is 0.653. The van der Waals surface area contributed by atoms with Crippen molar-refractivity contribution in [1.82, 2.24) is 5.32 Å². The minimum Gasteiger partial charge on any atom is -0.493 e. The first kappa shape index (κ1) is 20.8. The zero-order chi connectivity index (χ0) is 19.8. The molecule has 0 aliphatic heterocycles. The summed E-state index contributed by atoms with van der Waals surface area (Å²) in [7, 11) is 4.57. The minimum atomic E-state index is -0.896. The molecule has 5 nitrogen and oxygen atoms in total. The Morgan fingerprint density at radius 3 is 2.22 bits per heavy atom. The zero-order valence-electron chi connectivity index (χ0n) is 15.3. The average molecular weight is 397 g/mol. The predicted octanol–water partition coefficient (Wildman–Crippen LogP) is 3.79. The SMILES string of the molecule is COc1cc(CNC(=O)CCSc2ccc(F)c(F)c2)cc(OC)c1OC. The van der Waals surface area contributed by atoms with E-state index in [1.807, 2.05) is 0 Å². The molecular weight excluding hydrogens is 376 g/mol. The molecule has 2 rings (SSSR count). The summed E-state index contributed by atoms with van der Waals surface area (Å²) in [6.07, 6.45) is 0.244. The van der Waals surface area contributed by atoms with Crippen molar-refractivity contribution in [1.29, 1.82) is 0 Å². The first-order chi connectivity index (χ1) is 13.0. The number of hydrogen-bond donors (Lipinski definition) is 1. The summed E-state index contributed by atoms with van der Waals surface area (Å²) in [5, 5.41) is 2.81. The number of halogens is 2. The van der Waals surface area contributed by atoms with Crippen molar-refractivity contribution in [2.24, 2.45) is 0 Å². The Balaban J connectivity index is 1.87. The maximum atomic E-state index is 13.2. The molecule has 0 heterocycles. The average Bonchev–Trinajstić information content (AvgIpc) is 2.68. The fourth-order valence-corrected chi connectivity index (χ4v) is 3.23. The molecular formula is C19H21F2NO4S. The van der Waals surface area contributed by atoms with Crippen LogP contribution in [0.25, 0.3) is 0 Å². The molecule has 1 N–H and O–H groups in total. The van der Waals surface area contributed by atoms with Crippen LogP contribution in [-0.2, 0) is 11.3 Å². The zero-order valence-corrected chi connectivity index (χ0v) is 16.1. The van der Waals surface area contributed by atoms with Crippen molar-refractivity contribution in [3.8, 4) is 17.2 Å². The van der Waals surface area contributed by atoms with E-state index in [-0.39, 0.29) is 12.3 Å². The summed E-state index contributed by atoms with van der Waals surface area (Å²) in [5.74, 6) is 0.0164. The van der Waals surface area contributed by atoms with Gasteiger partial charge in [-0.3, -0.25) is 4.79 Å². The van der Waals surface area contributed by atoms with Gasteiger partial charge in [-0.15, -0.1) is 11.8 Å². The monoisotopic (exact) mass is 397 g/mol. The smallest absolute Gasteiger partial charge is 0.221 e. The van der Waals surface area contributed by atoms with Crippen LogP contribution >= 0.6 is 11.8 Å². The Hall–Kier alpha value is -2.48. The van der Waals surface area contributed by atoms with E-state index in [0.717, 1.165) is 17.7 Å². The van der Waals surface area contributed by atoms with E-state index in [9.17, 15) is 13.6 Å². The lowest BCUT2D eigenvalue weighted by Gasteiger charge is -2.14. The van der Waals surface area contributed by atoms with Gasteiger partial charge in [-0.1, -0.05) is 0 Å². The van der Waals surface area contributed by atoms with Gasteiger partial charge in [0.05, 0.1) is 21.3 Å². The normalized spacial score (nSPS) is 10.4. The van der Waals surface area contributed by atoms with Crippen LogP contribution in [0.2, 0.25) is 0 Å². The highest BCUT2D eigenvalue weighted by atomic mass is 32.2. The number of amides is 1. The van der Waals surface area contributed by atoms with E-state index < -0.39 is 11.6 Å². The molecule has 27 heavy (non-hydrogen) atoms. The molecule has 146 valence electrons. The van der Waals surface area contributed by atoms with Crippen molar-refractivity contribution < 1.29 is 27.8 Å². The van der Waals surface area contributed by atoms with E-state index in [1.54, 1.807) is 12.1 Å². The maximum absolute atomic E-state index is 13.2. The molecule has 0 radical (unpaired) electrons. The lowest BCUT2D eigenvalue weighted by Crippen LogP contribution is -2.23. The first-order valence-corrected chi connectivity index (χ1v) is 9.10. The van der Waals surface area contributed by atoms with Crippen molar-refractivity contribution in [3.63, 3.8) is 0 Å². The molecule has 8 heteroatoms. The van der Waals surface area contributed by atoms with Crippen molar-refractivity contribution in [2.45, 2.75) is 17.9 Å². The number of hydrogen-bond acceptors (Lipinski definition) is 5. The van der Waals surface area contributed by atoms with Crippen LogP contribution in [0.3, 0.4) is 0 Å². The van der Waals surface area contributed by atoms with E-state index in [0.29, 0.717) is 34.4 Å².